The van der Waals surface area contributed by atoms with Crippen LogP contribution >= 0.6 is 11.6 Å². The van der Waals surface area contributed by atoms with Crippen LogP contribution in [0, 0.1) is 0 Å². The molecule has 0 saturated heterocycles. The van der Waals surface area contributed by atoms with Gasteiger partial charge in [-0.1, -0.05) is 16.8 Å². The van der Waals surface area contributed by atoms with Crippen LogP contribution in [-0.2, 0) is 0 Å². The molecule has 0 radical (unpaired) electrons. The Kier molecular flexibility index (Phi) is 2.56. The molecule has 74 valence electrons. The lowest BCUT2D eigenvalue weighted by Gasteiger charge is -1.98. The zero-order valence-corrected chi connectivity index (χ0v) is 8.21. The van der Waals surface area contributed by atoms with E-state index < -0.39 is 0 Å². The van der Waals surface area contributed by atoms with Crippen LogP contribution in [0.25, 0.3) is 11.0 Å². The third-order valence-electron chi connectivity index (χ3n) is 1.87. The van der Waals surface area contributed by atoms with Crippen molar-refractivity contribution in [2.75, 3.05) is 18.4 Å². The summed E-state index contributed by atoms with van der Waals surface area (Å²) in [7, 11) is 0. The number of nitrogens with two attached hydrogens (primary N) is 1. The van der Waals surface area contributed by atoms with Crippen molar-refractivity contribution in [1.29, 1.82) is 0 Å². The Morgan fingerprint density at radius 3 is 3.14 bits per heavy atom. The van der Waals surface area contributed by atoms with Gasteiger partial charge in [0.15, 0.2) is 11.4 Å². The number of fused-ring (bicyclic) bond motifs is 1. The molecular weight excluding hydrogens is 202 g/mol. The minimum Gasteiger partial charge on any atom is -0.365 e. The predicted molar refractivity (Wildman–Crippen MR) is 56.6 cm³/mol. The van der Waals surface area contributed by atoms with Crippen molar-refractivity contribution in [3.05, 3.63) is 23.2 Å². The van der Waals surface area contributed by atoms with Crippen molar-refractivity contribution in [2.24, 2.45) is 5.73 Å². The van der Waals surface area contributed by atoms with Crippen LogP contribution in [0.3, 0.4) is 0 Å². The molecular formula is C9H10ClN3O. The number of hydrogen-bond acceptors (Lipinski definition) is 4. The maximum absolute atomic E-state index is 5.80. The Hall–Kier alpha value is -1.26. The van der Waals surface area contributed by atoms with Crippen molar-refractivity contribution < 1.29 is 4.52 Å². The van der Waals surface area contributed by atoms with Crippen LogP contribution < -0.4 is 11.1 Å². The monoisotopic (exact) mass is 211 g/mol. The third kappa shape index (κ3) is 1.66. The van der Waals surface area contributed by atoms with Gasteiger partial charge in [0, 0.05) is 24.2 Å². The SMILES string of the molecule is NCCNc1noc2cc(Cl)ccc12. The fourth-order valence-electron chi connectivity index (χ4n) is 1.23. The zero-order chi connectivity index (χ0) is 9.97. The van der Waals surface area contributed by atoms with Crippen LogP contribution in [0.4, 0.5) is 5.82 Å². The Labute approximate surface area is 86.0 Å². The van der Waals surface area contributed by atoms with Gasteiger partial charge in [-0.25, -0.2) is 0 Å². The summed E-state index contributed by atoms with van der Waals surface area (Å²) in [4.78, 5) is 0. The molecule has 1 heterocycles. The van der Waals surface area contributed by atoms with E-state index in [1.807, 2.05) is 6.07 Å². The number of rotatable bonds is 3. The molecule has 3 N–H and O–H groups in total. The van der Waals surface area contributed by atoms with E-state index in [-0.39, 0.29) is 0 Å². The van der Waals surface area contributed by atoms with Crippen LogP contribution in [0.5, 0.6) is 0 Å². The highest BCUT2D eigenvalue weighted by Gasteiger charge is 2.06. The summed E-state index contributed by atoms with van der Waals surface area (Å²) in [6.45, 7) is 1.23. The van der Waals surface area contributed by atoms with Gasteiger partial charge in [-0.05, 0) is 12.1 Å². The Morgan fingerprint density at radius 2 is 2.36 bits per heavy atom. The van der Waals surface area contributed by atoms with Crippen molar-refractivity contribution in [2.45, 2.75) is 0 Å². The van der Waals surface area contributed by atoms with Crippen molar-refractivity contribution in [3.63, 3.8) is 0 Å². The maximum Gasteiger partial charge on any atom is 0.177 e. The molecule has 0 spiro atoms. The number of halogens is 1. The molecule has 0 aliphatic carbocycles. The number of hydrogen-bond donors (Lipinski definition) is 2. The normalized spacial score (nSPS) is 10.7. The lowest BCUT2D eigenvalue weighted by Crippen LogP contribution is -2.13. The Balaban J connectivity index is 2.37. The number of nitrogens with one attached hydrogen (secondary N) is 1. The second-order valence-electron chi connectivity index (χ2n) is 2.89. The van der Waals surface area contributed by atoms with Gasteiger partial charge in [0.2, 0.25) is 0 Å². The van der Waals surface area contributed by atoms with E-state index in [0.29, 0.717) is 29.5 Å². The van der Waals surface area contributed by atoms with Gasteiger partial charge >= 0.3 is 0 Å². The van der Waals surface area contributed by atoms with E-state index in [2.05, 4.69) is 10.5 Å². The number of benzene rings is 1. The summed E-state index contributed by atoms with van der Waals surface area (Å²) in [5, 5.41) is 8.49. The first-order valence-corrected chi connectivity index (χ1v) is 4.68. The van der Waals surface area contributed by atoms with Crippen molar-refractivity contribution >= 4 is 28.4 Å². The molecule has 0 aliphatic rings. The van der Waals surface area contributed by atoms with Gasteiger partial charge in [-0.3, -0.25) is 0 Å². The highest BCUT2D eigenvalue weighted by Crippen LogP contribution is 2.25. The first kappa shape index (κ1) is 9.30. The second kappa shape index (κ2) is 3.86. The van der Waals surface area contributed by atoms with Gasteiger partial charge in [-0.2, -0.15) is 0 Å². The lowest BCUT2D eigenvalue weighted by atomic mass is 10.2. The van der Waals surface area contributed by atoms with Gasteiger partial charge in [-0.15, -0.1) is 0 Å². The quantitative estimate of drug-likeness (QED) is 0.814. The van der Waals surface area contributed by atoms with E-state index in [1.165, 1.54) is 0 Å². The molecule has 4 nitrogen and oxygen atoms in total. The molecule has 0 bridgehead atoms. The number of aromatic nitrogens is 1. The standard InChI is InChI=1S/C9H10ClN3O/c10-6-1-2-7-8(5-6)14-13-9(7)12-4-3-11/h1-2,5H,3-4,11H2,(H,12,13). The minimum absolute atomic E-state index is 0.557. The summed E-state index contributed by atoms with van der Waals surface area (Å²) in [6.07, 6.45) is 0. The minimum atomic E-state index is 0.557. The first-order valence-electron chi connectivity index (χ1n) is 4.30. The molecule has 0 aliphatic heterocycles. The molecule has 0 amide bonds. The molecule has 14 heavy (non-hydrogen) atoms. The van der Waals surface area contributed by atoms with E-state index in [4.69, 9.17) is 21.9 Å². The van der Waals surface area contributed by atoms with Crippen molar-refractivity contribution in [3.8, 4) is 0 Å². The summed E-state index contributed by atoms with van der Waals surface area (Å²) < 4.78 is 5.09. The predicted octanol–water partition coefficient (Wildman–Crippen LogP) is 1.85. The topological polar surface area (TPSA) is 64.1 Å². The molecule has 0 atom stereocenters. The fraction of sp³-hybridized carbons (Fsp3) is 0.222. The van der Waals surface area contributed by atoms with E-state index in [0.717, 1.165) is 5.39 Å². The average molecular weight is 212 g/mol. The lowest BCUT2D eigenvalue weighted by molar-refractivity contribution is 0.459. The van der Waals surface area contributed by atoms with Gasteiger partial charge in [0.1, 0.15) is 0 Å². The number of nitrogens with zero attached hydrogens (tertiary/aromatic N) is 1. The Morgan fingerprint density at radius 1 is 1.50 bits per heavy atom. The van der Waals surface area contributed by atoms with E-state index in [9.17, 15) is 0 Å². The van der Waals surface area contributed by atoms with E-state index >= 15 is 0 Å². The molecule has 0 unspecified atom stereocenters. The summed E-state index contributed by atoms with van der Waals surface area (Å²) >= 11 is 5.80. The van der Waals surface area contributed by atoms with E-state index in [1.54, 1.807) is 12.1 Å². The average Bonchev–Trinajstić information content (AvgIpc) is 2.57. The molecule has 1 aromatic carbocycles. The largest absolute Gasteiger partial charge is 0.365 e. The smallest absolute Gasteiger partial charge is 0.177 e. The van der Waals surface area contributed by atoms with Gasteiger partial charge in [0.05, 0.1) is 5.39 Å². The summed E-state index contributed by atoms with van der Waals surface area (Å²) in [5.41, 5.74) is 6.05. The van der Waals surface area contributed by atoms with Crippen LogP contribution in [-0.4, -0.2) is 18.2 Å². The first-order chi connectivity index (χ1) is 6.81. The highest BCUT2D eigenvalue weighted by atomic mass is 35.5. The maximum atomic E-state index is 5.80. The van der Waals surface area contributed by atoms with Crippen LogP contribution in [0.1, 0.15) is 0 Å². The van der Waals surface area contributed by atoms with Crippen LogP contribution in [0.2, 0.25) is 5.02 Å². The van der Waals surface area contributed by atoms with Crippen molar-refractivity contribution in [1.82, 2.24) is 5.16 Å². The summed E-state index contributed by atoms with van der Waals surface area (Å²) in [6, 6.07) is 5.40. The van der Waals surface area contributed by atoms with Gasteiger partial charge in [0.25, 0.3) is 0 Å². The highest BCUT2D eigenvalue weighted by molar-refractivity contribution is 6.31. The summed E-state index contributed by atoms with van der Waals surface area (Å²) in [5.74, 6) is 0.710. The Bertz CT molecular complexity index is 441. The molecule has 5 heteroatoms. The zero-order valence-electron chi connectivity index (χ0n) is 7.46. The third-order valence-corrected chi connectivity index (χ3v) is 2.11. The van der Waals surface area contributed by atoms with Crippen LogP contribution in [0.15, 0.2) is 22.7 Å². The second-order valence-corrected chi connectivity index (χ2v) is 3.32. The molecule has 1 aromatic heterocycles. The molecule has 0 saturated carbocycles. The molecule has 2 aromatic rings. The van der Waals surface area contributed by atoms with Gasteiger partial charge < -0.3 is 15.6 Å². The number of anilines is 1. The molecule has 0 fully saturated rings. The molecule has 2 rings (SSSR count). The fourth-order valence-corrected chi connectivity index (χ4v) is 1.39.